The zero-order valence-corrected chi connectivity index (χ0v) is 15.2. The van der Waals surface area contributed by atoms with E-state index >= 15 is 0 Å². The van der Waals surface area contributed by atoms with E-state index in [-0.39, 0.29) is 11.6 Å². The number of hydrogen-bond donors (Lipinski definition) is 0. The van der Waals surface area contributed by atoms with Gasteiger partial charge in [0.1, 0.15) is 11.6 Å². The number of likely N-dealkylation sites (tertiary alicyclic amines) is 1. The van der Waals surface area contributed by atoms with Crippen molar-refractivity contribution in [3.05, 3.63) is 71.3 Å². The smallest absolute Gasteiger partial charge is 0.323 e. The zero-order valence-electron chi connectivity index (χ0n) is 15.2. The normalized spacial score (nSPS) is 22.3. The van der Waals surface area contributed by atoms with Gasteiger partial charge in [-0.3, -0.25) is 0 Å². The van der Waals surface area contributed by atoms with Gasteiger partial charge in [-0.1, -0.05) is 30.3 Å². The molecule has 1 saturated heterocycles. The maximum absolute atomic E-state index is 14.3. The summed E-state index contributed by atoms with van der Waals surface area (Å²) in [5.74, 6) is -1.07. The van der Waals surface area contributed by atoms with Crippen molar-refractivity contribution >= 4 is 11.7 Å². The van der Waals surface area contributed by atoms with Gasteiger partial charge in [0.25, 0.3) is 0 Å². The molecule has 0 spiro atoms. The maximum atomic E-state index is 14.3. The lowest BCUT2D eigenvalue weighted by Gasteiger charge is -2.35. The number of amides is 2. The third-order valence-electron chi connectivity index (χ3n) is 5.39. The topological polar surface area (TPSA) is 35.9 Å². The van der Waals surface area contributed by atoms with Crippen LogP contribution in [0.4, 0.5) is 13.6 Å². The molecular formula is C21H21F2N3O. The molecule has 1 fully saturated rings. The van der Waals surface area contributed by atoms with E-state index in [9.17, 15) is 13.6 Å². The van der Waals surface area contributed by atoms with Gasteiger partial charge in [0.05, 0.1) is 11.3 Å². The molecular weight excluding hydrogens is 348 g/mol. The highest BCUT2D eigenvalue weighted by Crippen LogP contribution is 2.40. The van der Waals surface area contributed by atoms with Crippen LogP contribution in [0.1, 0.15) is 37.3 Å². The second-order valence-electron chi connectivity index (χ2n) is 7.28. The molecule has 2 amide bonds. The van der Waals surface area contributed by atoms with E-state index in [2.05, 4.69) is 5.10 Å². The first-order valence-corrected chi connectivity index (χ1v) is 9.16. The first-order chi connectivity index (χ1) is 13.0. The van der Waals surface area contributed by atoms with Gasteiger partial charge < -0.3 is 4.90 Å². The van der Waals surface area contributed by atoms with Gasteiger partial charge in [-0.05, 0) is 43.5 Å². The summed E-state index contributed by atoms with van der Waals surface area (Å²) in [6, 6.07) is 12.7. The number of carbonyl (C=O) groups excluding carboxylic acids is 1. The van der Waals surface area contributed by atoms with Crippen molar-refractivity contribution < 1.29 is 13.6 Å². The van der Waals surface area contributed by atoms with Crippen LogP contribution in [-0.2, 0) is 5.54 Å². The van der Waals surface area contributed by atoms with Crippen LogP contribution in [0.15, 0.2) is 53.6 Å². The molecule has 2 aliphatic rings. The summed E-state index contributed by atoms with van der Waals surface area (Å²) >= 11 is 0. The van der Waals surface area contributed by atoms with Gasteiger partial charge in [0, 0.05) is 25.1 Å². The van der Waals surface area contributed by atoms with Crippen LogP contribution in [0.2, 0.25) is 0 Å². The summed E-state index contributed by atoms with van der Waals surface area (Å²) < 4.78 is 28.1. The summed E-state index contributed by atoms with van der Waals surface area (Å²) in [6.45, 7) is 3.31. The monoisotopic (exact) mass is 369 g/mol. The molecule has 2 aromatic carbocycles. The minimum Gasteiger partial charge on any atom is -0.323 e. The molecule has 6 heteroatoms. The molecule has 0 aromatic heterocycles. The van der Waals surface area contributed by atoms with E-state index in [0.717, 1.165) is 36.6 Å². The fraction of sp³-hybridized carbons (Fsp3) is 0.333. The van der Waals surface area contributed by atoms with Crippen LogP contribution in [0.25, 0.3) is 0 Å². The number of hydrazone groups is 1. The predicted octanol–water partition coefficient (Wildman–Crippen LogP) is 4.51. The lowest BCUT2D eigenvalue weighted by Crippen LogP contribution is -2.47. The Balaban J connectivity index is 1.78. The average molecular weight is 369 g/mol. The Morgan fingerprint density at radius 1 is 1.07 bits per heavy atom. The Kier molecular flexibility index (Phi) is 4.42. The minimum absolute atomic E-state index is 0.105. The summed E-state index contributed by atoms with van der Waals surface area (Å²) in [6.07, 6.45) is 2.25. The molecule has 140 valence electrons. The van der Waals surface area contributed by atoms with Gasteiger partial charge in [-0.2, -0.15) is 5.10 Å². The van der Waals surface area contributed by atoms with E-state index in [0.29, 0.717) is 25.2 Å². The Morgan fingerprint density at radius 3 is 2.48 bits per heavy atom. The van der Waals surface area contributed by atoms with Crippen LogP contribution in [-0.4, -0.2) is 34.7 Å². The number of hydrogen-bond acceptors (Lipinski definition) is 2. The molecule has 4 nitrogen and oxygen atoms in total. The van der Waals surface area contributed by atoms with Crippen LogP contribution in [0.5, 0.6) is 0 Å². The lowest BCUT2D eigenvalue weighted by molar-refractivity contribution is 0.114. The van der Waals surface area contributed by atoms with E-state index in [1.54, 1.807) is 4.90 Å². The number of urea groups is 1. The average Bonchev–Trinajstić information content (AvgIpc) is 3.33. The Bertz CT molecular complexity index is 894. The van der Waals surface area contributed by atoms with Crippen molar-refractivity contribution in [1.29, 1.82) is 0 Å². The standard InChI is InChI=1S/C21H21F2N3O/c1-21(15-7-3-2-4-8-15)14-19(17-13-16(22)9-10-18(17)23)24-26(21)20(27)25-11-5-6-12-25/h2-4,7-10,13H,5-6,11-12,14H2,1H3. The minimum atomic E-state index is -0.755. The van der Waals surface area contributed by atoms with Crippen molar-refractivity contribution in [3.8, 4) is 0 Å². The highest BCUT2D eigenvalue weighted by Gasteiger charge is 2.45. The number of halogens is 2. The number of rotatable bonds is 2. The van der Waals surface area contributed by atoms with Crippen molar-refractivity contribution in [2.24, 2.45) is 5.10 Å². The van der Waals surface area contributed by atoms with Gasteiger partial charge in [-0.25, -0.2) is 18.6 Å². The molecule has 0 saturated carbocycles. The second-order valence-corrected chi connectivity index (χ2v) is 7.28. The molecule has 0 aliphatic carbocycles. The lowest BCUT2D eigenvalue weighted by atomic mass is 9.86. The van der Waals surface area contributed by atoms with E-state index < -0.39 is 17.2 Å². The van der Waals surface area contributed by atoms with Gasteiger partial charge in [0.2, 0.25) is 0 Å². The fourth-order valence-electron chi connectivity index (χ4n) is 3.85. The summed E-state index contributed by atoms with van der Waals surface area (Å²) in [5, 5.41) is 5.94. The maximum Gasteiger partial charge on any atom is 0.341 e. The summed E-state index contributed by atoms with van der Waals surface area (Å²) in [4.78, 5) is 14.9. The zero-order chi connectivity index (χ0) is 19.0. The van der Waals surface area contributed by atoms with Gasteiger partial charge in [0.15, 0.2) is 0 Å². The second kappa shape index (κ2) is 6.76. The van der Waals surface area contributed by atoms with Crippen molar-refractivity contribution in [2.45, 2.75) is 31.7 Å². The first-order valence-electron chi connectivity index (χ1n) is 9.16. The molecule has 4 rings (SSSR count). The fourth-order valence-corrected chi connectivity index (χ4v) is 3.85. The molecule has 27 heavy (non-hydrogen) atoms. The SMILES string of the molecule is CC1(c2ccccc2)CC(c2cc(F)ccc2F)=NN1C(=O)N1CCCC1. The molecule has 1 unspecified atom stereocenters. The van der Waals surface area contributed by atoms with Crippen LogP contribution >= 0.6 is 0 Å². The number of benzene rings is 2. The third-order valence-corrected chi connectivity index (χ3v) is 5.39. The van der Waals surface area contributed by atoms with Gasteiger partial charge in [-0.15, -0.1) is 0 Å². The van der Waals surface area contributed by atoms with Crippen LogP contribution in [0.3, 0.4) is 0 Å². The quantitative estimate of drug-likeness (QED) is 0.767. The van der Waals surface area contributed by atoms with Crippen LogP contribution < -0.4 is 0 Å². The van der Waals surface area contributed by atoms with Crippen molar-refractivity contribution in [1.82, 2.24) is 9.91 Å². The Hall–Kier alpha value is -2.76. The third kappa shape index (κ3) is 3.09. The summed E-state index contributed by atoms with van der Waals surface area (Å²) in [7, 11) is 0. The summed E-state index contributed by atoms with van der Waals surface area (Å²) in [5.41, 5.74) is 0.641. The van der Waals surface area contributed by atoms with Crippen LogP contribution in [0, 0.1) is 11.6 Å². The van der Waals surface area contributed by atoms with E-state index in [1.165, 1.54) is 5.01 Å². The molecule has 2 aliphatic heterocycles. The largest absolute Gasteiger partial charge is 0.341 e. The molecule has 1 atom stereocenters. The number of carbonyl (C=O) groups is 1. The molecule has 0 bridgehead atoms. The van der Waals surface area contributed by atoms with E-state index in [1.807, 2.05) is 37.3 Å². The number of nitrogens with zero attached hydrogens (tertiary/aromatic N) is 3. The highest BCUT2D eigenvalue weighted by molar-refractivity contribution is 6.03. The van der Waals surface area contributed by atoms with E-state index in [4.69, 9.17) is 0 Å². The Labute approximate surface area is 157 Å². The van der Waals surface area contributed by atoms with Crippen molar-refractivity contribution in [2.75, 3.05) is 13.1 Å². The predicted molar refractivity (Wildman–Crippen MR) is 99.3 cm³/mol. The molecule has 0 radical (unpaired) electrons. The highest BCUT2D eigenvalue weighted by atomic mass is 19.1. The Morgan fingerprint density at radius 2 is 1.78 bits per heavy atom. The molecule has 2 heterocycles. The van der Waals surface area contributed by atoms with Gasteiger partial charge >= 0.3 is 6.03 Å². The van der Waals surface area contributed by atoms with Crippen molar-refractivity contribution in [3.63, 3.8) is 0 Å². The molecule has 0 N–H and O–H groups in total. The first kappa shape index (κ1) is 17.6. The molecule has 2 aromatic rings.